The molecule has 4 rings (SSSR count). The van der Waals surface area contributed by atoms with Crippen LogP contribution in [0.5, 0.6) is 5.75 Å². The van der Waals surface area contributed by atoms with Gasteiger partial charge in [0.1, 0.15) is 5.75 Å². The SMILES string of the molecule is COc1ccc([C@H](NS(=O)(=O)c2ccc3[nH]c(=O)[nH]c3c2)c2ccccc2)cc1. The molecule has 0 radical (unpaired) electrons. The van der Waals surface area contributed by atoms with Crippen molar-refractivity contribution in [1.82, 2.24) is 14.7 Å². The molecule has 1 aromatic heterocycles. The number of hydrogen-bond acceptors (Lipinski definition) is 4. The lowest BCUT2D eigenvalue weighted by atomic mass is 10.00. The molecule has 1 atom stereocenters. The van der Waals surface area contributed by atoms with Gasteiger partial charge in [-0.3, -0.25) is 0 Å². The van der Waals surface area contributed by atoms with Gasteiger partial charge in [0.15, 0.2) is 0 Å². The van der Waals surface area contributed by atoms with Crippen molar-refractivity contribution in [3.63, 3.8) is 0 Å². The maximum absolute atomic E-state index is 13.1. The molecule has 0 amide bonds. The first-order valence-corrected chi connectivity index (χ1v) is 10.4. The third-order valence-electron chi connectivity index (χ3n) is 4.65. The average Bonchev–Trinajstić information content (AvgIpc) is 3.12. The van der Waals surface area contributed by atoms with Crippen LogP contribution >= 0.6 is 0 Å². The van der Waals surface area contributed by atoms with E-state index in [2.05, 4.69) is 14.7 Å². The number of methoxy groups -OCH3 is 1. The molecule has 29 heavy (non-hydrogen) atoms. The van der Waals surface area contributed by atoms with Crippen LogP contribution in [-0.2, 0) is 10.0 Å². The summed E-state index contributed by atoms with van der Waals surface area (Å²) in [7, 11) is -2.29. The van der Waals surface area contributed by atoms with Crippen molar-refractivity contribution in [2.75, 3.05) is 7.11 Å². The Morgan fingerprint density at radius 1 is 0.862 bits per heavy atom. The van der Waals surface area contributed by atoms with Crippen LogP contribution in [0.15, 0.2) is 82.5 Å². The van der Waals surface area contributed by atoms with Crippen LogP contribution in [0.2, 0.25) is 0 Å². The van der Waals surface area contributed by atoms with E-state index in [1.807, 2.05) is 42.5 Å². The molecule has 0 aliphatic heterocycles. The van der Waals surface area contributed by atoms with Crippen molar-refractivity contribution >= 4 is 21.1 Å². The van der Waals surface area contributed by atoms with E-state index in [4.69, 9.17) is 4.74 Å². The molecule has 3 aromatic carbocycles. The Hall–Kier alpha value is -3.36. The van der Waals surface area contributed by atoms with Gasteiger partial charge in [-0.05, 0) is 41.5 Å². The van der Waals surface area contributed by atoms with Crippen molar-refractivity contribution in [2.45, 2.75) is 10.9 Å². The summed E-state index contributed by atoms with van der Waals surface area (Å²) >= 11 is 0. The number of fused-ring (bicyclic) bond motifs is 1. The molecular weight excluding hydrogens is 390 g/mol. The minimum Gasteiger partial charge on any atom is -0.497 e. The van der Waals surface area contributed by atoms with Gasteiger partial charge >= 0.3 is 5.69 Å². The fourth-order valence-electron chi connectivity index (χ4n) is 3.17. The predicted octanol–water partition coefficient (Wildman–Crippen LogP) is 2.93. The third kappa shape index (κ3) is 3.94. The zero-order chi connectivity index (χ0) is 20.4. The lowest BCUT2D eigenvalue weighted by Crippen LogP contribution is -2.29. The zero-order valence-electron chi connectivity index (χ0n) is 15.5. The van der Waals surface area contributed by atoms with Gasteiger partial charge in [0.05, 0.1) is 29.1 Å². The first-order valence-electron chi connectivity index (χ1n) is 8.89. The maximum atomic E-state index is 13.1. The Kier molecular flexibility index (Phi) is 4.96. The van der Waals surface area contributed by atoms with E-state index in [1.54, 1.807) is 25.3 Å². The fourth-order valence-corrected chi connectivity index (χ4v) is 4.41. The minimum absolute atomic E-state index is 0.0645. The Morgan fingerprint density at radius 2 is 1.52 bits per heavy atom. The second-order valence-electron chi connectivity index (χ2n) is 6.52. The number of rotatable bonds is 6. The Morgan fingerprint density at radius 3 is 2.21 bits per heavy atom. The highest BCUT2D eigenvalue weighted by molar-refractivity contribution is 7.89. The molecule has 0 aliphatic carbocycles. The summed E-state index contributed by atoms with van der Waals surface area (Å²) in [6.45, 7) is 0. The summed E-state index contributed by atoms with van der Waals surface area (Å²) in [5.74, 6) is 0.685. The smallest absolute Gasteiger partial charge is 0.323 e. The Bertz CT molecular complexity index is 1290. The van der Waals surface area contributed by atoms with Gasteiger partial charge in [-0.15, -0.1) is 0 Å². The van der Waals surface area contributed by atoms with E-state index in [9.17, 15) is 13.2 Å². The molecule has 0 bridgehead atoms. The minimum atomic E-state index is -3.87. The normalized spacial score (nSPS) is 12.7. The molecule has 1 heterocycles. The molecule has 0 aliphatic rings. The Balaban J connectivity index is 1.74. The van der Waals surface area contributed by atoms with Crippen molar-refractivity contribution in [3.05, 3.63) is 94.4 Å². The van der Waals surface area contributed by atoms with Gasteiger partial charge in [0.2, 0.25) is 10.0 Å². The van der Waals surface area contributed by atoms with Gasteiger partial charge in [0, 0.05) is 0 Å². The molecule has 7 nitrogen and oxygen atoms in total. The first-order chi connectivity index (χ1) is 14.0. The monoisotopic (exact) mass is 409 g/mol. The van der Waals surface area contributed by atoms with Gasteiger partial charge in [-0.1, -0.05) is 42.5 Å². The van der Waals surface area contributed by atoms with Gasteiger partial charge in [-0.25, -0.2) is 13.2 Å². The van der Waals surface area contributed by atoms with Crippen LogP contribution in [0.25, 0.3) is 11.0 Å². The van der Waals surface area contributed by atoms with Crippen molar-refractivity contribution < 1.29 is 13.2 Å². The second-order valence-corrected chi connectivity index (χ2v) is 8.24. The number of nitrogens with one attached hydrogen (secondary N) is 3. The quantitative estimate of drug-likeness (QED) is 0.455. The summed E-state index contributed by atoms with van der Waals surface area (Å²) in [5.41, 5.74) is 2.17. The summed E-state index contributed by atoms with van der Waals surface area (Å²) in [4.78, 5) is 16.7. The van der Waals surface area contributed by atoms with Crippen molar-refractivity contribution in [2.24, 2.45) is 0 Å². The largest absolute Gasteiger partial charge is 0.497 e. The van der Waals surface area contributed by atoms with Gasteiger partial charge in [-0.2, -0.15) is 4.72 Å². The van der Waals surface area contributed by atoms with Crippen molar-refractivity contribution in [3.8, 4) is 5.75 Å². The zero-order valence-corrected chi connectivity index (χ0v) is 16.4. The second kappa shape index (κ2) is 7.57. The highest BCUT2D eigenvalue weighted by Gasteiger charge is 2.23. The van der Waals surface area contributed by atoms with E-state index < -0.39 is 16.1 Å². The number of imidazole rings is 1. The van der Waals surface area contributed by atoms with E-state index >= 15 is 0 Å². The van der Waals surface area contributed by atoms with Crippen LogP contribution in [0.3, 0.4) is 0 Å². The topological polar surface area (TPSA) is 104 Å². The maximum Gasteiger partial charge on any atom is 0.323 e. The standard InChI is InChI=1S/C21H19N3O4S/c1-28-16-9-7-15(8-10-16)20(14-5-3-2-4-6-14)24-29(26,27)17-11-12-18-19(13-17)23-21(25)22-18/h2-13,20,24H,1H3,(H2,22,23,25)/t20-/m1/s1. The molecule has 0 saturated carbocycles. The van der Waals surface area contributed by atoms with Crippen LogP contribution in [-0.4, -0.2) is 25.5 Å². The molecule has 0 saturated heterocycles. The van der Waals surface area contributed by atoms with Crippen LogP contribution in [0.4, 0.5) is 0 Å². The van der Waals surface area contributed by atoms with Crippen LogP contribution in [0.1, 0.15) is 17.2 Å². The summed E-state index contributed by atoms with van der Waals surface area (Å²) in [6.07, 6.45) is 0. The van der Waals surface area contributed by atoms with E-state index in [0.717, 1.165) is 11.1 Å². The number of sulfonamides is 1. The fraction of sp³-hybridized carbons (Fsp3) is 0.0952. The number of H-pyrrole nitrogens is 2. The molecule has 148 valence electrons. The lowest BCUT2D eigenvalue weighted by molar-refractivity contribution is 0.414. The van der Waals surface area contributed by atoms with Gasteiger partial charge in [0.25, 0.3) is 0 Å². The van der Waals surface area contributed by atoms with Crippen molar-refractivity contribution in [1.29, 1.82) is 0 Å². The molecule has 0 unspecified atom stereocenters. The summed E-state index contributed by atoms with van der Waals surface area (Å²) < 4.78 is 34.2. The molecule has 8 heteroatoms. The number of hydrogen-bond donors (Lipinski definition) is 3. The molecule has 3 N–H and O–H groups in total. The average molecular weight is 409 g/mol. The first kappa shape index (κ1) is 19.0. The van der Waals surface area contributed by atoms with E-state index in [1.165, 1.54) is 12.1 Å². The predicted molar refractivity (Wildman–Crippen MR) is 111 cm³/mol. The Labute approximate surface area is 167 Å². The molecular formula is C21H19N3O4S. The summed E-state index contributed by atoms with van der Waals surface area (Å²) in [5, 5.41) is 0. The number of benzene rings is 3. The lowest BCUT2D eigenvalue weighted by Gasteiger charge is -2.20. The van der Waals surface area contributed by atoms with E-state index in [0.29, 0.717) is 16.8 Å². The van der Waals surface area contributed by atoms with E-state index in [-0.39, 0.29) is 10.6 Å². The highest BCUT2D eigenvalue weighted by Crippen LogP contribution is 2.26. The molecule has 0 fully saturated rings. The van der Waals surface area contributed by atoms with Crippen LogP contribution in [0, 0.1) is 0 Å². The molecule has 0 spiro atoms. The number of aromatic amines is 2. The number of ether oxygens (including phenoxy) is 1. The summed E-state index contributed by atoms with van der Waals surface area (Å²) in [6, 6.07) is 20.4. The number of aromatic nitrogens is 2. The van der Waals surface area contributed by atoms with Crippen LogP contribution < -0.4 is 15.1 Å². The molecule has 4 aromatic rings. The highest BCUT2D eigenvalue weighted by atomic mass is 32.2. The van der Waals surface area contributed by atoms with Gasteiger partial charge < -0.3 is 14.7 Å². The third-order valence-corrected chi connectivity index (χ3v) is 6.07.